The van der Waals surface area contributed by atoms with Gasteiger partial charge in [0.05, 0.1) is 6.61 Å². The minimum Gasteiger partial charge on any atom is -0.465 e. The van der Waals surface area contributed by atoms with Crippen molar-refractivity contribution in [1.82, 2.24) is 0 Å². The molecule has 0 saturated heterocycles. The molecule has 6 heteroatoms. The van der Waals surface area contributed by atoms with Crippen LogP contribution in [0.1, 0.15) is 26.3 Å². The Morgan fingerprint density at radius 1 is 1.42 bits per heavy atom. The number of azide groups is 1. The second kappa shape index (κ2) is 6.02. The molecule has 0 spiro atoms. The van der Waals surface area contributed by atoms with Gasteiger partial charge in [-0.15, -0.1) is 0 Å². The second-order valence-electron chi connectivity index (χ2n) is 4.11. The van der Waals surface area contributed by atoms with Crippen molar-refractivity contribution in [3.63, 3.8) is 0 Å². The van der Waals surface area contributed by atoms with E-state index >= 15 is 0 Å². The average Bonchev–Trinajstić information content (AvgIpc) is 2.39. The van der Waals surface area contributed by atoms with Crippen LogP contribution in [0.3, 0.4) is 0 Å². The molecule has 0 heterocycles. The summed E-state index contributed by atoms with van der Waals surface area (Å²) in [6, 6.07) is 6.48. The standard InChI is InChI=1S/C13H15N3O3/c1-4-19-12(18)13(3,9(2)17)10-7-5-6-8-11(10)15-16-14/h5-8H,4H2,1-3H3. The zero-order chi connectivity index (χ0) is 14.5. The molecule has 0 aromatic heterocycles. The van der Waals surface area contributed by atoms with Crippen molar-refractivity contribution >= 4 is 17.4 Å². The molecule has 0 N–H and O–H groups in total. The van der Waals surface area contributed by atoms with E-state index in [2.05, 4.69) is 10.0 Å². The summed E-state index contributed by atoms with van der Waals surface area (Å²) >= 11 is 0. The Hall–Kier alpha value is -2.33. The largest absolute Gasteiger partial charge is 0.465 e. The first-order valence-electron chi connectivity index (χ1n) is 5.81. The van der Waals surface area contributed by atoms with Gasteiger partial charge in [0.2, 0.25) is 0 Å². The number of carbonyl (C=O) groups excluding carboxylic acids is 2. The SMILES string of the molecule is CCOC(=O)C(C)(C(C)=O)c1ccccc1N=[N+]=[N-]. The normalized spacial score (nSPS) is 13.0. The van der Waals surface area contributed by atoms with Crippen LogP contribution in [0.15, 0.2) is 29.4 Å². The minimum absolute atomic E-state index is 0.172. The lowest BCUT2D eigenvalue weighted by Gasteiger charge is -2.26. The molecule has 0 amide bonds. The lowest BCUT2D eigenvalue weighted by Crippen LogP contribution is -2.41. The molecule has 0 saturated carbocycles. The molecule has 1 rings (SSSR count). The zero-order valence-corrected chi connectivity index (χ0v) is 11.1. The summed E-state index contributed by atoms with van der Waals surface area (Å²) < 4.78 is 4.96. The average molecular weight is 261 g/mol. The summed E-state index contributed by atoms with van der Waals surface area (Å²) in [5.74, 6) is -1.02. The first kappa shape index (κ1) is 14.7. The maximum atomic E-state index is 12.1. The molecule has 1 atom stereocenters. The number of nitrogens with zero attached hydrogens (tertiary/aromatic N) is 3. The molecule has 6 nitrogen and oxygen atoms in total. The molecule has 0 aliphatic heterocycles. The van der Waals surface area contributed by atoms with Gasteiger partial charge in [-0.1, -0.05) is 29.4 Å². The van der Waals surface area contributed by atoms with Crippen LogP contribution in [0.4, 0.5) is 5.69 Å². The van der Waals surface area contributed by atoms with E-state index in [4.69, 9.17) is 10.3 Å². The predicted octanol–water partition coefficient (Wildman–Crippen LogP) is 3.04. The minimum atomic E-state index is -1.47. The maximum absolute atomic E-state index is 12.1. The van der Waals surface area contributed by atoms with Crippen molar-refractivity contribution in [2.45, 2.75) is 26.2 Å². The number of hydrogen-bond donors (Lipinski definition) is 0. The van der Waals surface area contributed by atoms with Crippen molar-refractivity contribution in [1.29, 1.82) is 0 Å². The fourth-order valence-electron chi connectivity index (χ4n) is 1.75. The fourth-order valence-corrected chi connectivity index (χ4v) is 1.75. The summed E-state index contributed by atoms with van der Waals surface area (Å²) in [6.45, 7) is 4.62. The highest BCUT2D eigenvalue weighted by Crippen LogP contribution is 2.34. The van der Waals surface area contributed by atoms with Gasteiger partial charge in [-0.05, 0) is 31.9 Å². The maximum Gasteiger partial charge on any atom is 0.323 e. The number of rotatable bonds is 5. The van der Waals surface area contributed by atoms with E-state index in [9.17, 15) is 9.59 Å². The highest BCUT2D eigenvalue weighted by atomic mass is 16.5. The molecular weight excluding hydrogens is 246 g/mol. The summed E-state index contributed by atoms with van der Waals surface area (Å²) in [5, 5.41) is 3.52. The molecule has 0 bridgehead atoms. The lowest BCUT2D eigenvalue weighted by molar-refractivity contribution is -0.152. The zero-order valence-electron chi connectivity index (χ0n) is 11.1. The van der Waals surface area contributed by atoms with Crippen molar-refractivity contribution in [3.8, 4) is 0 Å². The number of hydrogen-bond acceptors (Lipinski definition) is 4. The number of benzene rings is 1. The van der Waals surface area contributed by atoms with Gasteiger partial charge in [0.15, 0.2) is 5.78 Å². The topological polar surface area (TPSA) is 92.1 Å². The van der Waals surface area contributed by atoms with Gasteiger partial charge >= 0.3 is 5.97 Å². The molecule has 1 aromatic carbocycles. The van der Waals surface area contributed by atoms with Crippen molar-refractivity contribution in [2.75, 3.05) is 6.61 Å². The van der Waals surface area contributed by atoms with Gasteiger partial charge in [-0.3, -0.25) is 9.59 Å². The van der Waals surface area contributed by atoms with Crippen LogP contribution in [0, 0.1) is 0 Å². The Kier molecular flexibility index (Phi) is 4.67. The van der Waals surface area contributed by atoms with E-state index in [0.29, 0.717) is 5.56 Å². The molecule has 0 radical (unpaired) electrons. The van der Waals surface area contributed by atoms with Gasteiger partial charge in [0, 0.05) is 10.6 Å². The Morgan fingerprint density at radius 2 is 2.05 bits per heavy atom. The smallest absolute Gasteiger partial charge is 0.323 e. The lowest BCUT2D eigenvalue weighted by atomic mass is 9.78. The summed E-state index contributed by atoms with van der Waals surface area (Å²) in [4.78, 5) is 26.7. The van der Waals surface area contributed by atoms with E-state index in [1.165, 1.54) is 13.8 Å². The molecule has 0 aliphatic carbocycles. The van der Waals surface area contributed by atoms with Crippen LogP contribution in [0.2, 0.25) is 0 Å². The molecule has 1 unspecified atom stereocenters. The summed E-state index contributed by atoms with van der Waals surface area (Å²) in [5.41, 5.74) is 7.67. The van der Waals surface area contributed by atoms with Crippen molar-refractivity contribution in [2.24, 2.45) is 5.11 Å². The van der Waals surface area contributed by atoms with Crippen LogP contribution < -0.4 is 0 Å². The number of carbonyl (C=O) groups is 2. The predicted molar refractivity (Wildman–Crippen MR) is 69.9 cm³/mol. The van der Waals surface area contributed by atoms with Crippen molar-refractivity contribution in [3.05, 3.63) is 40.3 Å². The quantitative estimate of drug-likeness (QED) is 0.268. The van der Waals surface area contributed by atoms with E-state index in [1.807, 2.05) is 0 Å². The van der Waals surface area contributed by atoms with Crippen LogP contribution in [-0.2, 0) is 19.7 Å². The Labute approximate surface area is 111 Å². The van der Waals surface area contributed by atoms with Gasteiger partial charge in [-0.25, -0.2) is 0 Å². The van der Waals surface area contributed by atoms with E-state index in [-0.39, 0.29) is 18.1 Å². The van der Waals surface area contributed by atoms with Crippen LogP contribution in [0.25, 0.3) is 10.4 Å². The first-order chi connectivity index (χ1) is 8.98. The molecule has 0 aliphatic rings. The summed E-state index contributed by atoms with van der Waals surface area (Å²) in [6.07, 6.45) is 0. The Balaban J connectivity index is 3.47. The fraction of sp³-hybridized carbons (Fsp3) is 0.385. The number of ketones is 1. The number of ether oxygens (including phenoxy) is 1. The van der Waals surface area contributed by atoms with E-state index in [1.54, 1.807) is 31.2 Å². The van der Waals surface area contributed by atoms with Gasteiger partial charge in [0.1, 0.15) is 5.41 Å². The monoisotopic (exact) mass is 261 g/mol. The van der Waals surface area contributed by atoms with Gasteiger partial charge in [0.25, 0.3) is 0 Å². The van der Waals surface area contributed by atoms with E-state index in [0.717, 1.165) is 0 Å². The summed E-state index contributed by atoms with van der Waals surface area (Å²) in [7, 11) is 0. The molecule has 19 heavy (non-hydrogen) atoms. The molecular formula is C13H15N3O3. The Morgan fingerprint density at radius 3 is 2.58 bits per heavy atom. The first-order valence-corrected chi connectivity index (χ1v) is 5.81. The molecule has 0 fully saturated rings. The molecule has 1 aromatic rings. The number of Topliss-reactive ketones (excluding diaryl/α,β-unsaturated/α-hetero) is 1. The highest BCUT2D eigenvalue weighted by molar-refractivity contribution is 6.09. The van der Waals surface area contributed by atoms with Gasteiger partial charge < -0.3 is 4.74 Å². The third-order valence-corrected chi connectivity index (χ3v) is 2.98. The van der Waals surface area contributed by atoms with Gasteiger partial charge in [-0.2, -0.15) is 0 Å². The Bertz CT molecular complexity index is 550. The number of esters is 1. The van der Waals surface area contributed by atoms with Crippen LogP contribution in [-0.4, -0.2) is 18.4 Å². The van der Waals surface area contributed by atoms with Crippen LogP contribution in [0.5, 0.6) is 0 Å². The second-order valence-corrected chi connectivity index (χ2v) is 4.11. The third kappa shape index (κ3) is 2.74. The third-order valence-electron chi connectivity index (χ3n) is 2.98. The van der Waals surface area contributed by atoms with E-state index < -0.39 is 11.4 Å². The van der Waals surface area contributed by atoms with Crippen molar-refractivity contribution < 1.29 is 14.3 Å². The van der Waals surface area contributed by atoms with Crippen LogP contribution >= 0.6 is 0 Å². The highest BCUT2D eigenvalue weighted by Gasteiger charge is 2.42. The molecule has 100 valence electrons.